The minimum absolute atomic E-state index is 0.365. The molecule has 0 radical (unpaired) electrons. The number of hydrazone groups is 1. The second-order valence-corrected chi connectivity index (χ2v) is 5.76. The maximum atomic E-state index is 11.1. The largest absolute Gasteiger partial charge is 0.493 e. The molecule has 1 aliphatic rings. The molecule has 1 aromatic rings. The number of benzene rings is 1. The minimum atomic E-state index is -0.365. The van der Waals surface area contributed by atoms with E-state index in [0.717, 1.165) is 5.56 Å². The number of carbonyl (C=O) groups excluding carboxylic acids is 1. The predicted molar refractivity (Wildman–Crippen MR) is 86.5 cm³/mol. The Morgan fingerprint density at radius 3 is 2.55 bits per heavy atom. The quantitative estimate of drug-likeness (QED) is 0.487. The van der Waals surface area contributed by atoms with E-state index in [9.17, 15) is 4.79 Å². The first-order valence-corrected chi connectivity index (χ1v) is 7.70. The lowest BCUT2D eigenvalue weighted by atomic mass is 10.00. The highest BCUT2D eigenvalue weighted by molar-refractivity contribution is 5.81. The van der Waals surface area contributed by atoms with Crippen molar-refractivity contribution in [2.24, 2.45) is 5.10 Å². The predicted octanol–water partition coefficient (Wildman–Crippen LogP) is 3.22. The molecule has 0 aromatic heterocycles. The van der Waals surface area contributed by atoms with E-state index >= 15 is 0 Å². The fraction of sp³-hybridized carbons (Fsp3) is 0.529. The van der Waals surface area contributed by atoms with Gasteiger partial charge >= 0.3 is 5.97 Å². The van der Waals surface area contributed by atoms with Crippen molar-refractivity contribution in [2.45, 2.75) is 52.1 Å². The van der Waals surface area contributed by atoms with Crippen LogP contribution in [0.1, 0.15) is 45.6 Å². The molecular weight excluding hydrogens is 280 g/mol. The molecule has 1 saturated heterocycles. The van der Waals surface area contributed by atoms with E-state index in [1.807, 2.05) is 18.3 Å². The standard InChI is InChI=1S/C17H24N2O3/c1-12-6-5-7-13(2)19(12)18-11-15-8-9-16(22-14(3)20)17(10-15)21-4/h8-13H,5-7H2,1-4H3/b18-11-/t12-,13+. The van der Waals surface area contributed by atoms with Crippen molar-refractivity contribution >= 4 is 12.2 Å². The van der Waals surface area contributed by atoms with Gasteiger partial charge in [-0.05, 0) is 56.9 Å². The van der Waals surface area contributed by atoms with Gasteiger partial charge in [-0.2, -0.15) is 5.10 Å². The summed E-state index contributed by atoms with van der Waals surface area (Å²) in [7, 11) is 1.55. The molecule has 0 amide bonds. The van der Waals surface area contributed by atoms with Crippen LogP contribution in [0.2, 0.25) is 0 Å². The van der Waals surface area contributed by atoms with Crippen molar-refractivity contribution in [2.75, 3.05) is 7.11 Å². The normalized spacial score (nSPS) is 21.9. The summed E-state index contributed by atoms with van der Waals surface area (Å²) in [4.78, 5) is 11.1. The number of hydrogen-bond donors (Lipinski definition) is 0. The Balaban J connectivity index is 2.15. The van der Waals surface area contributed by atoms with Crippen molar-refractivity contribution in [3.8, 4) is 11.5 Å². The van der Waals surface area contributed by atoms with E-state index < -0.39 is 0 Å². The summed E-state index contributed by atoms with van der Waals surface area (Å²) < 4.78 is 10.4. The molecule has 1 heterocycles. The number of ether oxygens (including phenoxy) is 2. The van der Waals surface area contributed by atoms with Gasteiger partial charge in [-0.25, -0.2) is 0 Å². The molecule has 0 unspecified atom stereocenters. The van der Waals surface area contributed by atoms with E-state index in [1.54, 1.807) is 13.2 Å². The molecule has 1 aliphatic heterocycles. The maximum Gasteiger partial charge on any atom is 0.308 e. The van der Waals surface area contributed by atoms with Gasteiger partial charge in [0.1, 0.15) is 0 Å². The molecular formula is C17H24N2O3. The number of esters is 1. The molecule has 0 aliphatic carbocycles. The van der Waals surface area contributed by atoms with Gasteiger partial charge in [0.25, 0.3) is 0 Å². The molecule has 1 fully saturated rings. The van der Waals surface area contributed by atoms with Gasteiger partial charge < -0.3 is 9.47 Å². The highest BCUT2D eigenvalue weighted by Crippen LogP contribution is 2.28. The van der Waals surface area contributed by atoms with Crippen molar-refractivity contribution in [3.05, 3.63) is 23.8 Å². The maximum absolute atomic E-state index is 11.1. The van der Waals surface area contributed by atoms with Crippen LogP contribution < -0.4 is 9.47 Å². The molecule has 1 aromatic carbocycles. The Labute approximate surface area is 131 Å². The van der Waals surface area contributed by atoms with Gasteiger partial charge in [0.2, 0.25) is 0 Å². The first-order valence-electron chi connectivity index (χ1n) is 7.70. The lowest BCUT2D eigenvalue weighted by molar-refractivity contribution is -0.132. The van der Waals surface area contributed by atoms with E-state index in [4.69, 9.17) is 9.47 Å². The van der Waals surface area contributed by atoms with Crippen LogP contribution in [-0.4, -0.2) is 36.4 Å². The summed E-state index contributed by atoms with van der Waals surface area (Å²) in [6.45, 7) is 5.78. The third kappa shape index (κ3) is 4.00. The van der Waals surface area contributed by atoms with Crippen molar-refractivity contribution in [3.63, 3.8) is 0 Å². The third-order valence-electron chi connectivity index (χ3n) is 3.93. The number of rotatable bonds is 4. The number of hydrogen-bond acceptors (Lipinski definition) is 5. The molecule has 22 heavy (non-hydrogen) atoms. The molecule has 5 heteroatoms. The number of nitrogens with zero attached hydrogens (tertiary/aromatic N) is 2. The Bertz CT molecular complexity index is 547. The second-order valence-electron chi connectivity index (χ2n) is 5.76. The first kappa shape index (κ1) is 16.3. The van der Waals surface area contributed by atoms with Crippen LogP contribution >= 0.6 is 0 Å². The van der Waals surface area contributed by atoms with Gasteiger partial charge in [-0.1, -0.05) is 0 Å². The van der Waals surface area contributed by atoms with Gasteiger partial charge in [-0.15, -0.1) is 0 Å². The summed E-state index contributed by atoms with van der Waals surface area (Å²) in [5.74, 6) is 0.585. The summed E-state index contributed by atoms with van der Waals surface area (Å²) in [5.41, 5.74) is 0.915. The van der Waals surface area contributed by atoms with Gasteiger partial charge in [-0.3, -0.25) is 9.80 Å². The number of piperidine rings is 1. The Morgan fingerprint density at radius 2 is 1.95 bits per heavy atom. The highest BCUT2D eigenvalue weighted by atomic mass is 16.6. The molecule has 0 saturated carbocycles. The zero-order chi connectivity index (χ0) is 16.1. The van der Waals surface area contributed by atoms with Gasteiger partial charge in [0.05, 0.1) is 13.3 Å². The van der Waals surface area contributed by atoms with Crippen molar-refractivity contribution in [1.82, 2.24) is 5.01 Å². The molecule has 0 N–H and O–H groups in total. The van der Waals surface area contributed by atoms with Gasteiger partial charge in [0, 0.05) is 19.0 Å². The zero-order valence-electron chi connectivity index (χ0n) is 13.7. The lowest BCUT2D eigenvalue weighted by Gasteiger charge is -2.36. The smallest absolute Gasteiger partial charge is 0.308 e. The molecule has 2 rings (SSSR count). The van der Waals surface area contributed by atoms with E-state index in [-0.39, 0.29) is 5.97 Å². The van der Waals surface area contributed by atoms with Crippen LogP contribution in [0, 0.1) is 0 Å². The Kier molecular flexibility index (Phi) is 5.41. The molecule has 120 valence electrons. The van der Waals surface area contributed by atoms with E-state index in [1.165, 1.54) is 26.2 Å². The van der Waals surface area contributed by atoms with Crippen LogP contribution in [0.15, 0.2) is 23.3 Å². The zero-order valence-corrected chi connectivity index (χ0v) is 13.7. The van der Waals surface area contributed by atoms with E-state index in [2.05, 4.69) is 24.0 Å². The summed E-state index contributed by atoms with van der Waals surface area (Å²) >= 11 is 0. The first-order chi connectivity index (χ1) is 10.5. The average Bonchev–Trinajstić information content (AvgIpc) is 2.47. The fourth-order valence-corrected chi connectivity index (χ4v) is 2.77. The second kappa shape index (κ2) is 7.29. The molecule has 5 nitrogen and oxygen atoms in total. The SMILES string of the molecule is COc1cc(/C=N\N2[C@H](C)CCC[C@@H]2C)ccc1OC(C)=O. The minimum Gasteiger partial charge on any atom is -0.493 e. The topological polar surface area (TPSA) is 51.1 Å². The van der Waals surface area contributed by atoms with Crippen LogP contribution in [0.25, 0.3) is 0 Å². The summed E-state index contributed by atoms with van der Waals surface area (Å²) in [5, 5.41) is 6.79. The van der Waals surface area contributed by atoms with Crippen LogP contribution in [0.5, 0.6) is 11.5 Å². The summed E-state index contributed by atoms with van der Waals surface area (Å²) in [6.07, 6.45) is 5.45. The Morgan fingerprint density at radius 1 is 1.27 bits per heavy atom. The van der Waals surface area contributed by atoms with Gasteiger partial charge in [0.15, 0.2) is 11.5 Å². The fourth-order valence-electron chi connectivity index (χ4n) is 2.77. The molecule has 2 atom stereocenters. The average molecular weight is 304 g/mol. The van der Waals surface area contributed by atoms with Crippen LogP contribution in [-0.2, 0) is 4.79 Å². The third-order valence-corrected chi connectivity index (χ3v) is 3.93. The number of carbonyl (C=O) groups is 1. The van der Waals surface area contributed by atoms with Crippen molar-refractivity contribution in [1.29, 1.82) is 0 Å². The van der Waals surface area contributed by atoms with Crippen molar-refractivity contribution < 1.29 is 14.3 Å². The van der Waals surface area contributed by atoms with Crippen LogP contribution in [0.3, 0.4) is 0 Å². The monoisotopic (exact) mass is 304 g/mol. The lowest BCUT2D eigenvalue weighted by Crippen LogP contribution is -2.39. The molecule has 0 bridgehead atoms. The van der Waals surface area contributed by atoms with Crippen LogP contribution in [0.4, 0.5) is 0 Å². The Hall–Kier alpha value is -2.04. The van der Waals surface area contributed by atoms with E-state index in [0.29, 0.717) is 23.6 Å². The highest BCUT2D eigenvalue weighted by Gasteiger charge is 2.22. The number of methoxy groups -OCH3 is 1. The molecule has 0 spiro atoms. The summed E-state index contributed by atoms with van der Waals surface area (Å²) in [6, 6.07) is 6.33.